The largest absolute Gasteiger partial charge is 0.477 e. The van der Waals surface area contributed by atoms with Gasteiger partial charge < -0.3 is 5.11 Å². The zero-order chi connectivity index (χ0) is 17.1. The molecule has 0 fully saturated rings. The van der Waals surface area contributed by atoms with Gasteiger partial charge in [-0.3, -0.25) is 25.7 Å². The van der Waals surface area contributed by atoms with Gasteiger partial charge in [-0.15, -0.1) is 0 Å². The third-order valence-corrected chi connectivity index (χ3v) is 2.59. The van der Waals surface area contributed by atoms with E-state index in [0.29, 0.717) is 0 Å². The Kier molecular flexibility index (Phi) is 4.76. The maximum atomic E-state index is 11.1. The summed E-state index contributed by atoms with van der Waals surface area (Å²) in [5.41, 5.74) is 0.0970. The van der Waals surface area contributed by atoms with Crippen LogP contribution >= 0.6 is 0 Å². The number of carboxylic acids is 1. The Morgan fingerprint density at radius 2 is 1.82 bits per heavy atom. The molecule has 0 saturated heterocycles. The highest BCUT2D eigenvalue weighted by atomic mass is 16.6. The van der Waals surface area contributed by atoms with E-state index in [-0.39, 0.29) is 11.4 Å². The van der Waals surface area contributed by atoms with Gasteiger partial charge in [0.2, 0.25) is 0 Å². The minimum absolute atomic E-state index is 0.140. The van der Waals surface area contributed by atoms with Gasteiger partial charge in [-0.1, -0.05) is 20.8 Å². The highest BCUT2D eigenvalue weighted by Gasteiger charge is 2.26. The van der Waals surface area contributed by atoms with E-state index in [1.54, 1.807) is 20.8 Å². The van der Waals surface area contributed by atoms with Crippen molar-refractivity contribution < 1.29 is 19.7 Å². The van der Waals surface area contributed by atoms with E-state index in [1.807, 2.05) is 0 Å². The summed E-state index contributed by atoms with van der Waals surface area (Å²) in [5.74, 6) is -1.27. The average Bonchev–Trinajstić information content (AvgIpc) is 2.36. The Hall–Kier alpha value is -3.04. The fourth-order valence-electron chi connectivity index (χ4n) is 1.53. The first-order valence-electron chi connectivity index (χ1n) is 6.04. The van der Waals surface area contributed by atoms with E-state index in [1.165, 1.54) is 0 Å². The Morgan fingerprint density at radius 1 is 1.23 bits per heavy atom. The summed E-state index contributed by atoms with van der Waals surface area (Å²) < 4.78 is 0. The van der Waals surface area contributed by atoms with Crippen molar-refractivity contribution >= 4 is 28.7 Å². The highest BCUT2D eigenvalue weighted by Crippen LogP contribution is 2.29. The number of aliphatic carboxylic acids is 1. The second-order valence-corrected chi connectivity index (χ2v) is 5.34. The van der Waals surface area contributed by atoms with Gasteiger partial charge in [-0.05, 0) is 6.07 Å². The van der Waals surface area contributed by atoms with E-state index in [2.05, 4.69) is 10.5 Å². The van der Waals surface area contributed by atoms with E-state index in [0.717, 1.165) is 18.2 Å². The van der Waals surface area contributed by atoms with Gasteiger partial charge >= 0.3 is 11.7 Å². The molecule has 0 aliphatic rings. The van der Waals surface area contributed by atoms with E-state index in [4.69, 9.17) is 5.11 Å². The first-order valence-corrected chi connectivity index (χ1v) is 6.04. The molecule has 2 N–H and O–H groups in total. The van der Waals surface area contributed by atoms with Crippen molar-refractivity contribution in [3.05, 3.63) is 38.4 Å². The van der Waals surface area contributed by atoms with Crippen LogP contribution in [0.5, 0.6) is 0 Å². The summed E-state index contributed by atoms with van der Waals surface area (Å²) in [5, 5.41) is 34.3. The quantitative estimate of drug-likeness (QED) is 0.481. The number of carbonyl (C=O) groups is 1. The molecule has 0 aliphatic carbocycles. The lowest BCUT2D eigenvalue weighted by molar-refractivity contribution is -0.393. The maximum absolute atomic E-state index is 11.1. The molecule has 1 rings (SSSR count). The molecule has 0 radical (unpaired) electrons. The van der Waals surface area contributed by atoms with Crippen molar-refractivity contribution in [2.24, 2.45) is 10.5 Å². The zero-order valence-corrected chi connectivity index (χ0v) is 12.1. The van der Waals surface area contributed by atoms with Gasteiger partial charge in [0.25, 0.3) is 5.69 Å². The number of rotatable bonds is 5. The molecule has 1 aromatic carbocycles. The monoisotopic (exact) mass is 310 g/mol. The van der Waals surface area contributed by atoms with E-state index in [9.17, 15) is 25.0 Å². The molecule has 0 unspecified atom stereocenters. The fraction of sp³-hybridized carbons (Fsp3) is 0.333. The Balaban J connectivity index is 3.25. The van der Waals surface area contributed by atoms with Gasteiger partial charge in [0.15, 0.2) is 5.71 Å². The van der Waals surface area contributed by atoms with Crippen molar-refractivity contribution in [2.75, 3.05) is 5.43 Å². The van der Waals surface area contributed by atoms with Gasteiger partial charge in [-0.2, -0.15) is 5.10 Å². The minimum atomic E-state index is -1.27. The third kappa shape index (κ3) is 3.98. The van der Waals surface area contributed by atoms with E-state index >= 15 is 0 Å². The number of nitrogens with zero attached hydrogens (tertiary/aromatic N) is 3. The average molecular weight is 310 g/mol. The van der Waals surface area contributed by atoms with Gasteiger partial charge in [0.05, 0.1) is 15.9 Å². The van der Waals surface area contributed by atoms with Crippen LogP contribution in [0.3, 0.4) is 0 Å². The first kappa shape index (κ1) is 17.0. The van der Waals surface area contributed by atoms with Crippen LogP contribution < -0.4 is 5.43 Å². The Labute approximate surface area is 124 Å². The SMILES string of the molecule is CC(C)(C)/C(=N\Nc1ccc([N+](=O)[O-])cc1[N+](=O)[O-])C(=O)O. The molecule has 0 amide bonds. The van der Waals surface area contributed by atoms with Crippen molar-refractivity contribution in [3.63, 3.8) is 0 Å². The number of hydrogen-bond acceptors (Lipinski definition) is 7. The molecule has 1 aromatic rings. The number of carboxylic acid groups (broad SMARTS) is 1. The number of nitro benzene ring substituents is 2. The molecule has 0 bridgehead atoms. The van der Waals surface area contributed by atoms with Crippen molar-refractivity contribution in [2.45, 2.75) is 20.8 Å². The number of hydrogen-bond donors (Lipinski definition) is 2. The lowest BCUT2D eigenvalue weighted by Gasteiger charge is -2.17. The Morgan fingerprint density at radius 3 is 2.23 bits per heavy atom. The smallest absolute Gasteiger partial charge is 0.352 e. The van der Waals surface area contributed by atoms with Crippen LogP contribution in [0.15, 0.2) is 23.3 Å². The molecule has 0 saturated carbocycles. The molecular formula is C12H14N4O6. The Bertz CT molecular complexity index is 662. The molecular weight excluding hydrogens is 296 g/mol. The highest BCUT2D eigenvalue weighted by molar-refractivity contribution is 6.37. The lowest BCUT2D eigenvalue weighted by atomic mass is 9.90. The van der Waals surface area contributed by atoms with Crippen LogP contribution in [0.1, 0.15) is 20.8 Å². The van der Waals surface area contributed by atoms with Crippen molar-refractivity contribution in [3.8, 4) is 0 Å². The summed E-state index contributed by atoms with van der Waals surface area (Å²) in [6.07, 6.45) is 0. The normalized spacial score (nSPS) is 11.9. The topological polar surface area (TPSA) is 148 Å². The molecule has 10 nitrogen and oxygen atoms in total. The minimum Gasteiger partial charge on any atom is -0.477 e. The maximum Gasteiger partial charge on any atom is 0.352 e. The molecule has 0 spiro atoms. The zero-order valence-electron chi connectivity index (χ0n) is 12.1. The van der Waals surface area contributed by atoms with Crippen LogP contribution in [0, 0.1) is 25.6 Å². The van der Waals surface area contributed by atoms with Gasteiger partial charge in [0.1, 0.15) is 5.69 Å². The number of nitro groups is 2. The van der Waals surface area contributed by atoms with E-state index < -0.39 is 32.6 Å². The summed E-state index contributed by atoms with van der Waals surface area (Å²) >= 11 is 0. The molecule has 22 heavy (non-hydrogen) atoms. The number of nitrogens with one attached hydrogen (secondary N) is 1. The number of anilines is 1. The van der Waals surface area contributed by atoms with Crippen molar-refractivity contribution in [1.29, 1.82) is 0 Å². The third-order valence-electron chi connectivity index (χ3n) is 2.59. The second kappa shape index (κ2) is 6.16. The molecule has 0 atom stereocenters. The standard InChI is InChI=1S/C12H14N4O6/c1-12(2,3)10(11(17)18)14-13-8-5-4-7(15(19)20)6-9(8)16(21)22/h4-6,13H,1-3H3,(H,17,18)/b14-10-. The molecule has 0 aliphatic heterocycles. The van der Waals surface area contributed by atoms with Crippen LogP contribution in [-0.2, 0) is 4.79 Å². The van der Waals surface area contributed by atoms with Crippen molar-refractivity contribution in [1.82, 2.24) is 0 Å². The summed E-state index contributed by atoms with van der Waals surface area (Å²) in [7, 11) is 0. The number of non-ortho nitro benzene ring substituents is 1. The molecule has 0 aromatic heterocycles. The summed E-state index contributed by atoms with van der Waals surface area (Å²) in [6, 6.07) is 2.93. The first-order chi connectivity index (χ1) is 10.0. The van der Waals surface area contributed by atoms with Gasteiger partial charge in [0, 0.05) is 11.5 Å². The predicted octanol–water partition coefficient (Wildman–Crippen LogP) is 2.40. The molecule has 118 valence electrons. The van der Waals surface area contributed by atoms with Crippen LogP contribution in [0.4, 0.5) is 17.1 Å². The van der Waals surface area contributed by atoms with Gasteiger partial charge in [-0.25, -0.2) is 4.79 Å². The molecule has 10 heteroatoms. The fourth-order valence-corrected chi connectivity index (χ4v) is 1.53. The predicted molar refractivity (Wildman–Crippen MR) is 77.9 cm³/mol. The number of benzene rings is 1. The van der Waals surface area contributed by atoms with Crippen LogP contribution in [-0.4, -0.2) is 26.6 Å². The van der Waals surface area contributed by atoms with Crippen LogP contribution in [0.2, 0.25) is 0 Å². The van der Waals surface area contributed by atoms with Crippen LogP contribution in [0.25, 0.3) is 0 Å². The summed E-state index contributed by atoms with van der Waals surface area (Å²) in [6.45, 7) is 4.85. The summed E-state index contributed by atoms with van der Waals surface area (Å²) in [4.78, 5) is 31.1. The second-order valence-electron chi connectivity index (χ2n) is 5.34. The molecule has 0 heterocycles. The number of hydrazone groups is 1. The lowest BCUT2D eigenvalue weighted by Crippen LogP contribution is -2.29.